The van der Waals surface area contributed by atoms with Crippen LogP contribution < -0.4 is 4.72 Å². The van der Waals surface area contributed by atoms with Crippen molar-refractivity contribution in [2.45, 2.75) is 38.8 Å². The van der Waals surface area contributed by atoms with Crippen molar-refractivity contribution in [3.8, 4) is 0 Å². The van der Waals surface area contributed by atoms with Crippen LogP contribution in [0.5, 0.6) is 0 Å². The lowest BCUT2D eigenvalue weighted by Gasteiger charge is -2.14. The molecule has 0 unspecified atom stereocenters. The van der Waals surface area contributed by atoms with E-state index in [2.05, 4.69) is 9.97 Å². The highest BCUT2D eigenvalue weighted by molar-refractivity contribution is 7.90. The first-order valence-electron chi connectivity index (χ1n) is 8.49. The Kier molecular flexibility index (Phi) is 5.32. The third kappa shape index (κ3) is 3.86. The topological polar surface area (TPSA) is 93.4 Å². The molecule has 0 saturated heterocycles. The van der Waals surface area contributed by atoms with Gasteiger partial charge in [-0.05, 0) is 44.9 Å². The first-order chi connectivity index (χ1) is 13.7. The maximum Gasteiger partial charge on any atom is 0.417 e. The van der Waals surface area contributed by atoms with Gasteiger partial charge in [0.25, 0.3) is 15.9 Å². The largest absolute Gasteiger partial charge is 0.417 e. The summed E-state index contributed by atoms with van der Waals surface area (Å²) in [6.45, 7) is 6.42. The van der Waals surface area contributed by atoms with Crippen LogP contribution >= 0.6 is 11.6 Å². The molecule has 0 bridgehead atoms. The van der Waals surface area contributed by atoms with Crippen LogP contribution in [-0.4, -0.2) is 28.7 Å². The van der Waals surface area contributed by atoms with Crippen molar-refractivity contribution in [1.82, 2.24) is 19.1 Å². The van der Waals surface area contributed by atoms with E-state index in [0.717, 1.165) is 10.6 Å². The van der Waals surface area contributed by atoms with Gasteiger partial charge in [-0.3, -0.25) is 9.78 Å². The van der Waals surface area contributed by atoms with Gasteiger partial charge in [-0.25, -0.2) is 18.1 Å². The van der Waals surface area contributed by atoms with Crippen LogP contribution in [0.15, 0.2) is 23.4 Å². The second-order valence-electron chi connectivity index (χ2n) is 6.73. The molecular weight excluding hydrogens is 445 g/mol. The molecule has 3 heterocycles. The number of amides is 1. The molecule has 1 N–H and O–H groups in total. The Labute approximate surface area is 175 Å². The van der Waals surface area contributed by atoms with E-state index in [1.54, 1.807) is 27.7 Å². The van der Waals surface area contributed by atoms with Gasteiger partial charge in [-0.15, -0.1) is 0 Å². The highest BCUT2D eigenvalue weighted by Gasteiger charge is 2.32. The van der Waals surface area contributed by atoms with E-state index in [9.17, 15) is 26.4 Å². The first kappa shape index (κ1) is 22.0. The van der Waals surface area contributed by atoms with Crippen LogP contribution in [0, 0.1) is 27.7 Å². The van der Waals surface area contributed by atoms with Gasteiger partial charge in [0.05, 0.1) is 15.5 Å². The minimum atomic E-state index is -4.65. The first-order valence-corrected chi connectivity index (χ1v) is 10.4. The molecule has 3 aromatic heterocycles. The third-order valence-corrected chi connectivity index (χ3v) is 6.55. The average molecular weight is 461 g/mol. The number of imidazole rings is 1. The molecule has 0 aromatic carbocycles. The third-order valence-electron chi connectivity index (χ3n) is 4.66. The monoisotopic (exact) mass is 460 g/mol. The van der Waals surface area contributed by atoms with Gasteiger partial charge in [0.1, 0.15) is 5.69 Å². The summed E-state index contributed by atoms with van der Waals surface area (Å²) < 4.78 is 67.4. The fourth-order valence-electron chi connectivity index (χ4n) is 2.98. The van der Waals surface area contributed by atoms with Gasteiger partial charge in [-0.2, -0.15) is 13.2 Å². The summed E-state index contributed by atoms with van der Waals surface area (Å²) >= 11 is 5.85. The molecule has 0 atom stereocenters. The van der Waals surface area contributed by atoms with Crippen molar-refractivity contribution in [3.63, 3.8) is 0 Å². The van der Waals surface area contributed by atoms with Crippen LogP contribution in [0.1, 0.15) is 38.6 Å². The second-order valence-corrected chi connectivity index (χ2v) is 8.75. The number of halogens is 4. The Morgan fingerprint density at radius 2 is 1.63 bits per heavy atom. The van der Waals surface area contributed by atoms with Crippen molar-refractivity contribution >= 4 is 33.2 Å². The van der Waals surface area contributed by atoms with Crippen molar-refractivity contribution < 1.29 is 26.4 Å². The standard InChI is InChI=1S/C18H16ClF3N4O3S/c1-8-10(3)23-11(4)9(2)15(8)30(28,29)25-17(27)14-7-26-6-12(18(20,21)22)5-13(19)16(26)24-14/h5-7H,1-4H3,(H,25,27). The van der Waals surface area contributed by atoms with Gasteiger partial charge >= 0.3 is 6.18 Å². The Bertz CT molecular complexity index is 1270. The quantitative estimate of drug-likeness (QED) is 0.642. The lowest BCUT2D eigenvalue weighted by Crippen LogP contribution is -2.32. The zero-order valence-corrected chi connectivity index (χ0v) is 17.8. The molecule has 12 heteroatoms. The van der Waals surface area contributed by atoms with Gasteiger partial charge < -0.3 is 4.40 Å². The smallest absolute Gasteiger partial charge is 0.304 e. The highest BCUT2D eigenvalue weighted by atomic mass is 35.5. The SMILES string of the molecule is Cc1nc(C)c(C)c(S(=O)(=O)NC(=O)c2cn3cc(C(F)(F)F)cc(Cl)c3n2)c1C. The fraction of sp³-hybridized carbons (Fsp3) is 0.278. The number of aromatic nitrogens is 3. The molecular formula is C18H16ClF3N4O3S. The normalized spacial score (nSPS) is 12.4. The maximum atomic E-state index is 13.0. The van der Waals surface area contributed by atoms with E-state index >= 15 is 0 Å². The van der Waals surface area contributed by atoms with E-state index in [1.165, 1.54) is 0 Å². The summed E-state index contributed by atoms with van der Waals surface area (Å²) in [6, 6.07) is 0.678. The number of pyridine rings is 2. The molecule has 0 spiro atoms. The molecule has 0 aliphatic heterocycles. The predicted molar refractivity (Wildman–Crippen MR) is 103 cm³/mol. The Hall–Kier alpha value is -2.66. The van der Waals surface area contributed by atoms with Gasteiger partial charge in [0.15, 0.2) is 5.65 Å². The number of carbonyl (C=O) groups is 1. The molecule has 3 rings (SSSR count). The summed E-state index contributed by atoms with van der Waals surface area (Å²) in [6.07, 6.45) is -2.96. The molecule has 30 heavy (non-hydrogen) atoms. The van der Waals surface area contributed by atoms with Crippen LogP contribution in [0.25, 0.3) is 5.65 Å². The minimum Gasteiger partial charge on any atom is -0.304 e. The molecule has 0 radical (unpaired) electrons. The van der Waals surface area contributed by atoms with Gasteiger partial charge in [0.2, 0.25) is 0 Å². The van der Waals surface area contributed by atoms with Crippen molar-refractivity contribution in [2.24, 2.45) is 0 Å². The van der Waals surface area contributed by atoms with E-state index in [1.807, 2.05) is 4.72 Å². The predicted octanol–water partition coefficient (Wildman–Crippen LogP) is 3.75. The van der Waals surface area contributed by atoms with E-state index in [4.69, 9.17) is 11.6 Å². The summed E-state index contributed by atoms with van der Waals surface area (Å²) in [4.78, 5) is 20.6. The lowest BCUT2D eigenvalue weighted by atomic mass is 10.1. The number of hydrogen-bond acceptors (Lipinski definition) is 5. The summed E-state index contributed by atoms with van der Waals surface area (Å²) in [5.41, 5.74) is 0.187. The lowest BCUT2D eigenvalue weighted by molar-refractivity contribution is -0.137. The average Bonchev–Trinajstić information content (AvgIpc) is 3.04. The van der Waals surface area contributed by atoms with E-state index in [-0.39, 0.29) is 15.6 Å². The van der Waals surface area contributed by atoms with Crippen molar-refractivity contribution in [2.75, 3.05) is 0 Å². The number of nitrogens with zero attached hydrogens (tertiary/aromatic N) is 3. The van der Waals surface area contributed by atoms with Crippen LogP contribution in [0.4, 0.5) is 13.2 Å². The van der Waals surface area contributed by atoms with Crippen LogP contribution in [-0.2, 0) is 16.2 Å². The summed E-state index contributed by atoms with van der Waals surface area (Å²) in [5, 5.41) is -0.334. The number of alkyl halides is 3. The zero-order valence-electron chi connectivity index (χ0n) is 16.2. The van der Waals surface area contributed by atoms with Gasteiger partial charge in [0, 0.05) is 23.8 Å². The van der Waals surface area contributed by atoms with Gasteiger partial charge in [-0.1, -0.05) is 11.6 Å². The molecule has 0 fully saturated rings. The number of hydrogen-bond donors (Lipinski definition) is 1. The molecule has 0 aliphatic rings. The summed E-state index contributed by atoms with van der Waals surface area (Å²) in [7, 11) is -4.29. The van der Waals surface area contributed by atoms with Crippen LogP contribution in [0.3, 0.4) is 0 Å². The van der Waals surface area contributed by atoms with Crippen LogP contribution in [0.2, 0.25) is 5.02 Å². The fourth-order valence-corrected chi connectivity index (χ4v) is 4.79. The number of fused-ring (bicyclic) bond motifs is 1. The van der Waals surface area contributed by atoms with Crippen molar-refractivity contribution in [1.29, 1.82) is 0 Å². The molecule has 3 aromatic rings. The zero-order chi connectivity index (χ0) is 22.6. The summed E-state index contributed by atoms with van der Waals surface area (Å²) in [5.74, 6) is -1.10. The molecule has 160 valence electrons. The second kappa shape index (κ2) is 7.24. The van der Waals surface area contributed by atoms with E-state index < -0.39 is 33.4 Å². The number of nitrogens with one attached hydrogen (secondary N) is 1. The Morgan fingerprint density at radius 1 is 1.07 bits per heavy atom. The molecule has 7 nitrogen and oxygen atoms in total. The number of aryl methyl sites for hydroxylation is 2. The molecule has 1 amide bonds. The van der Waals surface area contributed by atoms with Crippen molar-refractivity contribution in [3.05, 3.63) is 57.3 Å². The molecule has 0 aliphatic carbocycles. The minimum absolute atomic E-state index is 0.0815. The molecule has 0 saturated carbocycles. The number of carbonyl (C=O) groups excluding carboxylic acids is 1. The highest BCUT2D eigenvalue weighted by Crippen LogP contribution is 2.32. The Morgan fingerprint density at radius 3 is 2.17 bits per heavy atom. The number of rotatable bonds is 3. The Balaban J connectivity index is 2.02. The van der Waals surface area contributed by atoms with E-state index in [0.29, 0.717) is 34.8 Å². The maximum absolute atomic E-state index is 13.0. The number of sulfonamides is 1.